The first-order valence-corrected chi connectivity index (χ1v) is 10.0. The second-order valence-corrected chi connectivity index (χ2v) is 7.72. The van der Waals surface area contributed by atoms with Crippen molar-refractivity contribution in [2.75, 3.05) is 18.4 Å². The lowest BCUT2D eigenvalue weighted by Crippen LogP contribution is -2.30. The highest BCUT2D eigenvalue weighted by molar-refractivity contribution is 7.18. The van der Waals surface area contributed by atoms with Crippen LogP contribution in [0.1, 0.15) is 52.5 Å². The van der Waals surface area contributed by atoms with Crippen molar-refractivity contribution in [1.29, 1.82) is 5.26 Å². The fourth-order valence-corrected chi connectivity index (χ4v) is 4.48. The molecule has 1 aliphatic carbocycles. The van der Waals surface area contributed by atoms with Crippen LogP contribution in [0.25, 0.3) is 0 Å². The Morgan fingerprint density at radius 3 is 2.52 bits per heavy atom. The van der Waals surface area contributed by atoms with Gasteiger partial charge in [0.15, 0.2) is 0 Å². The van der Waals surface area contributed by atoms with Gasteiger partial charge in [0.2, 0.25) is 5.91 Å². The molecule has 2 atom stereocenters. The minimum atomic E-state index is -0.0897. The number of amides is 2. The van der Waals surface area contributed by atoms with E-state index < -0.39 is 0 Å². The van der Waals surface area contributed by atoms with Gasteiger partial charge < -0.3 is 10.2 Å². The summed E-state index contributed by atoms with van der Waals surface area (Å²) in [6, 6.07) is 12.1. The normalized spacial score (nSPS) is 17.9. The molecule has 0 saturated heterocycles. The minimum absolute atomic E-state index is 0.0801. The summed E-state index contributed by atoms with van der Waals surface area (Å²) in [6.07, 6.45) is 0.813. The first-order chi connectivity index (χ1) is 13.0. The Hall–Kier alpha value is -2.65. The maximum atomic E-state index is 12.7. The van der Waals surface area contributed by atoms with Gasteiger partial charge in [-0.1, -0.05) is 30.3 Å². The molecular weight excluding hydrogens is 358 g/mol. The molecule has 6 heteroatoms. The van der Waals surface area contributed by atoms with Crippen LogP contribution in [0.2, 0.25) is 0 Å². The average Bonchev–Trinajstić information content (AvgIpc) is 3.42. The third-order valence-corrected chi connectivity index (χ3v) is 6.29. The summed E-state index contributed by atoms with van der Waals surface area (Å²) in [4.78, 5) is 27.6. The molecule has 1 aromatic carbocycles. The van der Waals surface area contributed by atoms with Crippen molar-refractivity contribution >= 4 is 28.2 Å². The van der Waals surface area contributed by atoms with Gasteiger partial charge in [0, 0.05) is 19.0 Å². The molecule has 1 saturated carbocycles. The van der Waals surface area contributed by atoms with Crippen LogP contribution < -0.4 is 5.32 Å². The van der Waals surface area contributed by atoms with Crippen molar-refractivity contribution in [2.45, 2.75) is 33.1 Å². The van der Waals surface area contributed by atoms with Crippen LogP contribution >= 0.6 is 11.3 Å². The van der Waals surface area contributed by atoms with Gasteiger partial charge in [-0.2, -0.15) is 5.26 Å². The van der Waals surface area contributed by atoms with Gasteiger partial charge in [0.05, 0.1) is 10.4 Å². The van der Waals surface area contributed by atoms with Crippen LogP contribution in [0.15, 0.2) is 30.3 Å². The van der Waals surface area contributed by atoms with E-state index in [2.05, 4.69) is 11.4 Å². The largest absolute Gasteiger partial charge is 0.338 e. The number of carbonyl (C=O) groups excluding carboxylic acids is 2. The molecule has 0 radical (unpaired) electrons. The Balaban J connectivity index is 1.78. The highest BCUT2D eigenvalue weighted by Crippen LogP contribution is 2.48. The second kappa shape index (κ2) is 7.93. The van der Waals surface area contributed by atoms with Gasteiger partial charge in [-0.25, -0.2) is 0 Å². The maximum Gasteiger partial charge on any atom is 0.264 e. The number of benzene rings is 1. The van der Waals surface area contributed by atoms with Crippen LogP contribution in [0.3, 0.4) is 0 Å². The monoisotopic (exact) mass is 381 g/mol. The fraction of sp³-hybridized carbons (Fsp3) is 0.381. The molecule has 5 nitrogen and oxygen atoms in total. The SMILES string of the molecule is CCN(CC)C(=O)c1sc(NC(=O)[C@H]2C[C@H]2c2ccccc2)c(C#N)c1C. The number of anilines is 1. The lowest BCUT2D eigenvalue weighted by molar-refractivity contribution is -0.117. The van der Waals surface area contributed by atoms with E-state index in [9.17, 15) is 14.9 Å². The molecule has 1 fully saturated rings. The molecule has 1 aliphatic rings. The number of nitrogens with one attached hydrogen (secondary N) is 1. The fourth-order valence-electron chi connectivity index (χ4n) is 3.35. The van der Waals surface area contributed by atoms with E-state index in [1.54, 1.807) is 11.8 Å². The van der Waals surface area contributed by atoms with E-state index in [0.29, 0.717) is 34.1 Å². The van der Waals surface area contributed by atoms with Crippen molar-refractivity contribution in [2.24, 2.45) is 5.92 Å². The van der Waals surface area contributed by atoms with Gasteiger partial charge in [-0.15, -0.1) is 11.3 Å². The van der Waals surface area contributed by atoms with E-state index in [1.165, 1.54) is 11.3 Å². The van der Waals surface area contributed by atoms with Gasteiger partial charge in [0.1, 0.15) is 11.1 Å². The zero-order valence-electron chi connectivity index (χ0n) is 15.8. The van der Waals surface area contributed by atoms with Crippen molar-refractivity contribution < 1.29 is 9.59 Å². The van der Waals surface area contributed by atoms with E-state index >= 15 is 0 Å². The van der Waals surface area contributed by atoms with Gasteiger partial charge in [0.25, 0.3) is 5.91 Å². The molecule has 0 bridgehead atoms. The van der Waals surface area contributed by atoms with Gasteiger partial charge >= 0.3 is 0 Å². The molecule has 2 aromatic rings. The number of thiophene rings is 1. The maximum absolute atomic E-state index is 12.7. The van der Waals surface area contributed by atoms with Crippen molar-refractivity contribution in [3.63, 3.8) is 0 Å². The Morgan fingerprint density at radius 1 is 1.26 bits per heavy atom. The molecule has 2 amide bonds. The van der Waals surface area contributed by atoms with Crippen LogP contribution in [0.4, 0.5) is 5.00 Å². The zero-order chi connectivity index (χ0) is 19.6. The third-order valence-electron chi connectivity index (χ3n) is 5.10. The van der Waals surface area contributed by atoms with Crippen molar-refractivity contribution in [1.82, 2.24) is 4.90 Å². The molecule has 0 unspecified atom stereocenters. The van der Waals surface area contributed by atoms with Gasteiger partial charge in [-0.3, -0.25) is 9.59 Å². The predicted molar refractivity (Wildman–Crippen MR) is 107 cm³/mol. The van der Waals surface area contributed by atoms with E-state index in [0.717, 1.165) is 12.0 Å². The van der Waals surface area contributed by atoms with Crippen molar-refractivity contribution in [3.05, 3.63) is 51.9 Å². The van der Waals surface area contributed by atoms with E-state index in [1.807, 2.05) is 44.2 Å². The summed E-state index contributed by atoms with van der Waals surface area (Å²) in [5.41, 5.74) is 2.20. The van der Waals surface area contributed by atoms with E-state index in [4.69, 9.17) is 0 Å². The third kappa shape index (κ3) is 3.74. The molecule has 0 spiro atoms. The lowest BCUT2D eigenvalue weighted by atomic mass is 10.1. The minimum Gasteiger partial charge on any atom is -0.338 e. The molecule has 0 aliphatic heterocycles. The molecule has 1 heterocycles. The first kappa shape index (κ1) is 19.1. The Bertz CT molecular complexity index is 894. The van der Waals surface area contributed by atoms with Crippen LogP contribution in [-0.4, -0.2) is 29.8 Å². The Labute approximate surface area is 163 Å². The number of rotatable bonds is 6. The quantitative estimate of drug-likeness (QED) is 0.817. The molecule has 140 valence electrons. The number of nitriles is 1. The van der Waals surface area contributed by atoms with Crippen LogP contribution in [0.5, 0.6) is 0 Å². The topological polar surface area (TPSA) is 73.2 Å². The summed E-state index contributed by atoms with van der Waals surface area (Å²) in [6.45, 7) is 6.84. The summed E-state index contributed by atoms with van der Waals surface area (Å²) < 4.78 is 0. The summed E-state index contributed by atoms with van der Waals surface area (Å²) in [7, 11) is 0. The molecular formula is C21H23N3O2S. The number of hydrogen-bond donors (Lipinski definition) is 1. The van der Waals surface area contributed by atoms with E-state index in [-0.39, 0.29) is 23.7 Å². The second-order valence-electron chi connectivity index (χ2n) is 6.70. The molecule has 27 heavy (non-hydrogen) atoms. The molecule has 1 aromatic heterocycles. The van der Waals surface area contributed by atoms with Gasteiger partial charge in [-0.05, 0) is 44.2 Å². The summed E-state index contributed by atoms with van der Waals surface area (Å²) in [5, 5.41) is 12.9. The highest BCUT2D eigenvalue weighted by Gasteiger charge is 2.44. The summed E-state index contributed by atoms with van der Waals surface area (Å²) >= 11 is 1.20. The Kier molecular flexibility index (Phi) is 5.62. The smallest absolute Gasteiger partial charge is 0.264 e. The molecule has 3 rings (SSSR count). The number of hydrogen-bond acceptors (Lipinski definition) is 4. The first-order valence-electron chi connectivity index (χ1n) is 9.20. The zero-order valence-corrected chi connectivity index (χ0v) is 16.6. The van der Waals surface area contributed by atoms with Crippen LogP contribution in [0, 0.1) is 24.2 Å². The van der Waals surface area contributed by atoms with Crippen LogP contribution in [-0.2, 0) is 4.79 Å². The highest BCUT2D eigenvalue weighted by atomic mass is 32.1. The molecule has 1 N–H and O–H groups in total. The lowest BCUT2D eigenvalue weighted by Gasteiger charge is -2.17. The summed E-state index contributed by atoms with van der Waals surface area (Å²) in [5.74, 6) is -0.0191. The predicted octanol–water partition coefficient (Wildman–Crippen LogP) is 4.15. The van der Waals surface area contributed by atoms with Crippen molar-refractivity contribution in [3.8, 4) is 6.07 Å². The number of nitrogens with zero attached hydrogens (tertiary/aromatic N) is 2. The average molecular weight is 382 g/mol. The number of carbonyl (C=O) groups is 2. The standard InChI is InChI=1S/C21H23N3O2S/c1-4-24(5-2)21(26)18-13(3)17(12-22)20(27-18)23-19(25)16-11-15(16)14-9-7-6-8-10-14/h6-10,15-16H,4-5,11H2,1-3H3,(H,23,25)/t15-,16-/m0/s1. The Morgan fingerprint density at radius 2 is 1.93 bits per heavy atom.